The smallest absolute Gasteiger partial charge is 0.278 e. The third kappa shape index (κ3) is 3.93. The molecule has 2 saturated heterocycles. The molecule has 2 fully saturated rings. The fourth-order valence-electron chi connectivity index (χ4n) is 4.43. The summed E-state index contributed by atoms with van der Waals surface area (Å²) < 4.78 is 6.99. The largest absolute Gasteiger partial charge is 0.373 e. The number of hydrogen-bond donors (Lipinski definition) is 0. The maximum absolute atomic E-state index is 12.9. The van der Waals surface area contributed by atoms with E-state index in [0.29, 0.717) is 10.9 Å². The zero-order chi connectivity index (χ0) is 19.7. The van der Waals surface area contributed by atoms with Crippen LogP contribution in [0.4, 0.5) is 0 Å². The summed E-state index contributed by atoms with van der Waals surface area (Å²) in [6.45, 7) is 7.47. The van der Waals surface area contributed by atoms with Crippen molar-refractivity contribution in [1.82, 2.24) is 24.8 Å². The summed E-state index contributed by atoms with van der Waals surface area (Å²) in [6, 6.07) is 7.24. The minimum atomic E-state index is -0.273. The lowest BCUT2D eigenvalue weighted by atomic mass is 10.1. The molecule has 0 saturated carbocycles. The predicted octanol–water partition coefficient (Wildman–Crippen LogP) is 0.892. The molecule has 2 aromatic rings. The van der Waals surface area contributed by atoms with Crippen molar-refractivity contribution < 1.29 is 9.53 Å². The zero-order valence-electron chi connectivity index (χ0n) is 16.5. The number of amides is 1. The fourth-order valence-corrected chi connectivity index (χ4v) is 4.43. The minimum absolute atomic E-state index is 0.0662. The van der Waals surface area contributed by atoms with Gasteiger partial charge in [0.2, 0.25) is 5.91 Å². The van der Waals surface area contributed by atoms with Gasteiger partial charge in [-0.2, -0.15) is 0 Å². The first-order valence-electron chi connectivity index (χ1n) is 10.0. The average Bonchev–Trinajstić information content (AvgIpc) is 3.11. The van der Waals surface area contributed by atoms with E-state index in [2.05, 4.69) is 29.1 Å². The van der Waals surface area contributed by atoms with Gasteiger partial charge in [0.15, 0.2) is 0 Å². The van der Waals surface area contributed by atoms with Crippen LogP contribution in [0.2, 0.25) is 0 Å². The Morgan fingerprint density at radius 1 is 1.21 bits per heavy atom. The molecule has 3 atom stereocenters. The Hall–Kier alpha value is -2.32. The predicted molar refractivity (Wildman–Crippen MR) is 105 cm³/mol. The number of carbonyl (C=O) groups excluding carboxylic acids is 1. The maximum Gasteiger partial charge on any atom is 0.278 e. The fraction of sp³-hybridized carbons (Fsp3) is 0.600. The van der Waals surface area contributed by atoms with Crippen molar-refractivity contribution in [3.05, 3.63) is 34.6 Å². The lowest BCUT2D eigenvalue weighted by Gasteiger charge is -2.38. The van der Waals surface area contributed by atoms with Gasteiger partial charge in [0.1, 0.15) is 12.1 Å². The molecule has 0 radical (unpaired) electrons. The normalized spacial score (nSPS) is 26.1. The van der Waals surface area contributed by atoms with Crippen molar-refractivity contribution in [2.75, 3.05) is 26.2 Å². The standard InChI is InChI=1S/C20H27N5O3/c1-14-10-23(11-15(2)28-14)12-16-6-5-9-24(16)19(26)13-25-20(27)17-7-3-4-8-18(17)21-22-25/h3-4,7-8,14-16H,5-6,9-13H2,1-2H3/t14-,15-,16-/m1/s1. The molecule has 3 heterocycles. The van der Waals surface area contributed by atoms with Crippen LogP contribution in [-0.4, -0.2) is 75.1 Å². The van der Waals surface area contributed by atoms with Gasteiger partial charge in [0, 0.05) is 32.2 Å². The highest BCUT2D eigenvalue weighted by Gasteiger charge is 2.32. The van der Waals surface area contributed by atoms with Gasteiger partial charge in [0.25, 0.3) is 5.56 Å². The molecule has 1 aromatic heterocycles. The van der Waals surface area contributed by atoms with Crippen molar-refractivity contribution in [2.24, 2.45) is 0 Å². The van der Waals surface area contributed by atoms with Crippen LogP contribution >= 0.6 is 0 Å². The molecule has 0 aliphatic carbocycles. The Bertz CT molecular complexity index is 904. The second kappa shape index (κ2) is 7.97. The zero-order valence-corrected chi connectivity index (χ0v) is 16.5. The summed E-state index contributed by atoms with van der Waals surface area (Å²) in [4.78, 5) is 29.9. The van der Waals surface area contributed by atoms with Crippen molar-refractivity contribution in [2.45, 2.75) is 51.5 Å². The number of aromatic nitrogens is 3. The van der Waals surface area contributed by atoms with E-state index < -0.39 is 0 Å². The van der Waals surface area contributed by atoms with Crippen LogP contribution in [0, 0.1) is 0 Å². The summed E-state index contributed by atoms with van der Waals surface area (Å²) in [6.07, 6.45) is 2.40. The molecule has 28 heavy (non-hydrogen) atoms. The topological polar surface area (TPSA) is 80.6 Å². The van der Waals surface area contributed by atoms with Crippen LogP contribution in [0.3, 0.4) is 0 Å². The molecule has 2 aliphatic heterocycles. The van der Waals surface area contributed by atoms with Crippen LogP contribution in [0.25, 0.3) is 10.9 Å². The first-order valence-corrected chi connectivity index (χ1v) is 10.0. The molecule has 8 nitrogen and oxygen atoms in total. The Morgan fingerprint density at radius 2 is 1.96 bits per heavy atom. The van der Waals surface area contributed by atoms with Crippen LogP contribution < -0.4 is 5.56 Å². The van der Waals surface area contributed by atoms with E-state index in [4.69, 9.17) is 4.74 Å². The van der Waals surface area contributed by atoms with E-state index in [1.165, 1.54) is 4.68 Å². The van der Waals surface area contributed by atoms with Gasteiger partial charge < -0.3 is 9.64 Å². The van der Waals surface area contributed by atoms with E-state index in [1.807, 2.05) is 11.0 Å². The second-order valence-electron chi connectivity index (χ2n) is 7.93. The second-order valence-corrected chi connectivity index (χ2v) is 7.93. The van der Waals surface area contributed by atoms with Crippen LogP contribution in [0.1, 0.15) is 26.7 Å². The van der Waals surface area contributed by atoms with Crippen molar-refractivity contribution in [3.63, 3.8) is 0 Å². The average molecular weight is 385 g/mol. The molecule has 150 valence electrons. The first kappa shape index (κ1) is 19.0. The van der Waals surface area contributed by atoms with Crippen LogP contribution in [0.5, 0.6) is 0 Å². The van der Waals surface area contributed by atoms with Crippen molar-refractivity contribution in [1.29, 1.82) is 0 Å². The monoisotopic (exact) mass is 385 g/mol. The number of nitrogens with zero attached hydrogens (tertiary/aromatic N) is 5. The lowest BCUT2D eigenvalue weighted by Crippen LogP contribution is -2.51. The highest BCUT2D eigenvalue weighted by Crippen LogP contribution is 2.21. The number of rotatable bonds is 4. The van der Waals surface area contributed by atoms with Gasteiger partial charge in [-0.15, -0.1) is 5.10 Å². The van der Waals surface area contributed by atoms with Gasteiger partial charge in [-0.25, -0.2) is 4.68 Å². The highest BCUT2D eigenvalue weighted by molar-refractivity contribution is 5.78. The molecular weight excluding hydrogens is 358 g/mol. The van der Waals surface area contributed by atoms with E-state index in [1.54, 1.807) is 18.2 Å². The SMILES string of the molecule is C[C@@H]1CN(C[C@H]2CCCN2C(=O)Cn2nnc3ccccc3c2=O)C[C@@H](C)O1. The number of carbonyl (C=O) groups is 1. The van der Waals surface area contributed by atoms with E-state index in [-0.39, 0.29) is 36.3 Å². The molecule has 2 aliphatic rings. The molecule has 4 rings (SSSR count). The number of benzene rings is 1. The lowest BCUT2D eigenvalue weighted by molar-refractivity contribution is -0.134. The molecule has 1 amide bonds. The number of ether oxygens (including phenoxy) is 1. The first-order chi connectivity index (χ1) is 13.5. The van der Waals surface area contributed by atoms with Gasteiger partial charge in [-0.1, -0.05) is 17.3 Å². The van der Waals surface area contributed by atoms with E-state index in [0.717, 1.165) is 39.0 Å². The van der Waals surface area contributed by atoms with Gasteiger partial charge in [-0.3, -0.25) is 14.5 Å². The summed E-state index contributed by atoms with van der Waals surface area (Å²) in [5.41, 5.74) is 0.274. The number of hydrogen-bond acceptors (Lipinski definition) is 6. The molecule has 0 spiro atoms. The summed E-state index contributed by atoms with van der Waals surface area (Å²) >= 11 is 0. The summed E-state index contributed by atoms with van der Waals surface area (Å²) in [5, 5.41) is 8.51. The van der Waals surface area contributed by atoms with Crippen LogP contribution in [0.15, 0.2) is 29.1 Å². The maximum atomic E-state index is 12.9. The molecule has 8 heteroatoms. The van der Waals surface area contributed by atoms with E-state index in [9.17, 15) is 9.59 Å². The molecular formula is C20H27N5O3. The Labute approximate surface area is 164 Å². The number of morpholine rings is 1. The molecule has 1 aromatic carbocycles. The molecule has 0 bridgehead atoms. The number of fused-ring (bicyclic) bond motifs is 1. The summed E-state index contributed by atoms with van der Waals surface area (Å²) in [5.74, 6) is -0.0662. The molecule has 0 N–H and O–H groups in total. The third-order valence-corrected chi connectivity index (χ3v) is 5.58. The van der Waals surface area contributed by atoms with Gasteiger partial charge in [0.05, 0.1) is 17.6 Å². The molecule has 0 unspecified atom stereocenters. The Morgan fingerprint density at radius 3 is 2.75 bits per heavy atom. The quantitative estimate of drug-likeness (QED) is 0.778. The number of likely N-dealkylation sites (tertiary alicyclic amines) is 1. The third-order valence-electron chi connectivity index (χ3n) is 5.58. The Balaban J connectivity index is 1.45. The van der Waals surface area contributed by atoms with Gasteiger partial charge in [-0.05, 0) is 38.8 Å². The van der Waals surface area contributed by atoms with Crippen molar-refractivity contribution >= 4 is 16.8 Å². The van der Waals surface area contributed by atoms with Gasteiger partial charge >= 0.3 is 0 Å². The minimum Gasteiger partial charge on any atom is -0.373 e. The van der Waals surface area contributed by atoms with Crippen LogP contribution in [-0.2, 0) is 16.1 Å². The highest BCUT2D eigenvalue weighted by atomic mass is 16.5. The summed E-state index contributed by atoms with van der Waals surface area (Å²) in [7, 11) is 0. The van der Waals surface area contributed by atoms with Crippen molar-refractivity contribution in [3.8, 4) is 0 Å². The van der Waals surface area contributed by atoms with E-state index >= 15 is 0 Å². The Kier molecular flexibility index (Phi) is 5.41.